The van der Waals surface area contributed by atoms with Crippen LogP contribution in [-0.4, -0.2) is 31.7 Å². The number of morpholine rings is 1. The second-order valence-corrected chi connectivity index (χ2v) is 5.35. The van der Waals surface area contributed by atoms with Crippen LogP contribution in [0.15, 0.2) is 54.6 Å². The zero-order valence-corrected chi connectivity index (χ0v) is 12.4. The van der Waals surface area contributed by atoms with E-state index in [2.05, 4.69) is 47.4 Å². The molecule has 0 aliphatic carbocycles. The van der Waals surface area contributed by atoms with Gasteiger partial charge in [-0.05, 0) is 23.3 Å². The molecule has 21 heavy (non-hydrogen) atoms. The van der Waals surface area contributed by atoms with Gasteiger partial charge in [0, 0.05) is 19.6 Å². The highest BCUT2D eigenvalue weighted by Gasteiger charge is 2.21. The van der Waals surface area contributed by atoms with Crippen LogP contribution in [0.25, 0.3) is 0 Å². The molecular formula is C18H21NO2. The van der Waals surface area contributed by atoms with Crippen molar-refractivity contribution in [3.8, 4) is 5.75 Å². The minimum absolute atomic E-state index is 0.147. The smallest absolute Gasteiger partial charge is 0.118 e. The van der Waals surface area contributed by atoms with E-state index in [4.69, 9.17) is 9.47 Å². The van der Waals surface area contributed by atoms with Crippen molar-refractivity contribution < 1.29 is 9.47 Å². The maximum Gasteiger partial charge on any atom is 0.118 e. The average Bonchev–Trinajstić information content (AvgIpc) is 2.56. The van der Waals surface area contributed by atoms with E-state index in [0.29, 0.717) is 0 Å². The largest absolute Gasteiger partial charge is 0.497 e. The molecule has 0 aromatic heterocycles. The molecule has 0 radical (unpaired) electrons. The monoisotopic (exact) mass is 283 g/mol. The fraction of sp³-hybridized carbons (Fsp3) is 0.333. The molecule has 1 atom stereocenters. The van der Waals surface area contributed by atoms with Gasteiger partial charge in [-0.2, -0.15) is 0 Å². The van der Waals surface area contributed by atoms with Gasteiger partial charge in [-0.1, -0.05) is 42.5 Å². The molecule has 1 aliphatic rings. The van der Waals surface area contributed by atoms with Crippen molar-refractivity contribution in [1.82, 2.24) is 4.90 Å². The van der Waals surface area contributed by atoms with Crippen molar-refractivity contribution in [3.05, 3.63) is 65.7 Å². The highest BCUT2D eigenvalue weighted by Crippen LogP contribution is 2.25. The Bertz CT molecular complexity index is 553. The normalized spacial score (nSPS) is 19.4. The lowest BCUT2D eigenvalue weighted by molar-refractivity contribution is -0.0329. The van der Waals surface area contributed by atoms with Gasteiger partial charge in [-0.3, -0.25) is 4.90 Å². The lowest BCUT2D eigenvalue weighted by Crippen LogP contribution is -2.37. The van der Waals surface area contributed by atoms with E-state index in [0.717, 1.165) is 32.0 Å². The lowest BCUT2D eigenvalue weighted by Gasteiger charge is -2.33. The van der Waals surface area contributed by atoms with Gasteiger partial charge in [-0.25, -0.2) is 0 Å². The van der Waals surface area contributed by atoms with Gasteiger partial charge in [0.05, 0.1) is 19.8 Å². The third kappa shape index (κ3) is 3.63. The second kappa shape index (κ2) is 6.74. The van der Waals surface area contributed by atoms with E-state index in [1.165, 1.54) is 11.1 Å². The van der Waals surface area contributed by atoms with E-state index < -0.39 is 0 Å². The molecule has 3 rings (SSSR count). The first-order valence-corrected chi connectivity index (χ1v) is 7.37. The fourth-order valence-electron chi connectivity index (χ4n) is 2.71. The van der Waals surface area contributed by atoms with E-state index in [1.54, 1.807) is 7.11 Å². The predicted molar refractivity (Wildman–Crippen MR) is 83.4 cm³/mol. The molecule has 110 valence electrons. The molecule has 0 amide bonds. The number of ether oxygens (including phenoxy) is 2. The summed E-state index contributed by atoms with van der Waals surface area (Å²) in [4.78, 5) is 2.45. The van der Waals surface area contributed by atoms with Crippen LogP contribution in [-0.2, 0) is 11.3 Å². The molecule has 0 N–H and O–H groups in total. The summed E-state index contributed by atoms with van der Waals surface area (Å²) in [6.45, 7) is 3.68. The van der Waals surface area contributed by atoms with Crippen LogP contribution in [0, 0.1) is 0 Å². The summed E-state index contributed by atoms with van der Waals surface area (Å²) in [6.07, 6.45) is 0.147. The van der Waals surface area contributed by atoms with Gasteiger partial charge in [0.15, 0.2) is 0 Å². The Kier molecular flexibility index (Phi) is 4.53. The maximum atomic E-state index is 5.92. The molecule has 0 bridgehead atoms. The van der Waals surface area contributed by atoms with Crippen molar-refractivity contribution in [2.45, 2.75) is 12.6 Å². The number of rotatable bonds is 4. The van der Waals surface area contributed by atoms with Crippen molar-refractivity contribution in [3.63, 3.8) is 0 Å². The predicted octanol–water partition coefficient (Wildman–Crippen LogP) is 3.27. The molecule has 1 fully saturated rings. The van der Waals surface area contributed by atoms with Crippen LogP contribution in [0.4, 0.5) is 0 Å². The van der Waals surface area contributed by atoms with Crippen molar-refractivity contribution in [2.24, 2.45) is 0 Å². The Morgan fingerprint density at radius 2 is 1.86 bits per heavy atom. The number of benzene rings is 2. The number of hydrogen-bond acceptors (Lipinski definition) is 3. The molecule has 1 saturated heterocycles. The second-order valence-electron chi connectivity index (χ2n) is 5.35. The molecule has 2 aromatic carbocycles. The minimum atomic E-state index is 0.147. The van der Waals surface area contributed by atoms with E-state index in [1.807, 2.05) is 12.1 Å². The summed E-state index contributed by atoms with van der Waals surface area (Å²) in [7, 11) is 1.69. The van der Waals surface area contributed by atoms with E-state index in [-0.39, 0.29) is 6.10 Å². The molecule has 1 unspecified atom stereocenters. The van der Waals surface area contributed by atoms with Crippen LogP contribution in [0.2, 0.25) is 0 Å². The van der Waals surface area contributed by atoms with Crippen molar-refractivity contribution >= 4 is 0 Å². The molecule has 1 heterocycles. The molecule has 1 aliphatic heterocycles. The third-order valence-corrected chi connectivity index (χ3v) is 3.89. The summed E-state index contributed by atoms with van der Waals surface area (Å²) in [6, 6.07) is 18.8. The minimum Gasteiger partial charge on any atom is -0.497 e. The molecule has 3 nitrogen and oxygen atoms in total. The fourth-order valence-corrected chi connectivity index (χ4v) is 2.71. The summed E-state index contributed by atoms with van der Waals surface area (Å²) in [5, 5.41) is 0. The molecular weight excluding hydrogens is 262 g/mol. The summed E-state index contributed by atoms with van der Waals surface area (Å²) in [5.74, 6) is 0.885. The maximum absolute atomic E-state index is 5.92. The van der Waals surface area contributed by atoms with Crippen LogP contribution in [0.3, 0.4) is 0 Å². The summed E-state index contributed by atoms with van der Waals surface area (Å²) in [5.41, 5.74) is 2.57. The molecule has 2 aromatic rings. The average molecular weight is 283 g/mol. The Morgan fingerprint density at radius 1 is 1.10 bits per heavy atom. The van der Waals surface area contributed by atoms with Gasteiger partial charge in [0.1, 0.15) is 5.75 Å². The van der Waals surface area contributed by atoms with Crippen LogP contribution in [0.5, 0.6) is 5.75 Å². The summed E-state index contributed by atoms with van der Waals surface area (Å²) >= 11 is 0. The highest BCUT2D eigenvalue weighted by atomic mass is 16.5. The van der Waals surface area contributed by atoms with Gasteiger partial charge in [-0.15, -0.1) is 0 Å². The highest BCUT2D eigenvalue weighted by molar-refractivity contribution is 5.29. The van der Waals surface area contributed by atoms with E-state index >= 15 is 0 Å². The quantitative estimate of drug-likeness (QED) is 0.859. The third-order valence-electron chi connectivity index (χ3n) is 3.89. The van der Waals surface area contributed by atoms with Gasteiger partial charge in [0.25, 0.3) is 0 Å². The number of hydrogen-bond donors (Lipinski definition) is 0. The first-order valence-electron chi connectivity index (χ1n) is 7.37. The van der Waals surface area contributed by atoms with Crippen molar-refractivity contribution in [2.75, 3.05) is 26.8 Å². The first-order chi connectivity index (χ1) is 10.3. The Hall–Kier alpha value is -1.84. The number of nitrogens with zero attached hydrogens (tertiary/aromatic N) is 1. The zero-order valence-electron chi connectivity index (χ0n) is 12.4. The summed E-state index contributed by atoms with van der Waals surface area (Å²) < 4.78 is 11.1. The van der Waals surface area contributed by atoms with Crippen LogP contribution < -0.4 is 4.74 Å². The van der Waals surface area contributed by atoms with Crippen molar-refractivity contribution in [1.29, 1.82) is 0 Å². The Balaban J connectivity index is 1.64. The van der Waals surface area contributed by atoms with E-state index in [9.17, 15) is 0 Å². The standard InChI is InChI=1S/C18H21NO2/c1-20-17-9-7-16(8-10-17)18-14-19(11-12-21-18)13-15-5-3-2-4-6-15/h2-10,18H,11-14H2,1H3. The first kappa shape index (κ1) is 14.1. The molecule has 0 saturated carbocycles. The van der Waals surface area contributed by atoms with Crippen LogP contribution in [0.1, 0.15) is 17.2 Å². The molecule has 0 spiro atoms. The number of methoxy groups -OCH3 is 1. The lowest BCUT2D eigenvalue weighted by atomic mass is 10.1. The molecule has 3 heteroatoms. The Morgan fingerprint density at radius 3 is 2.57 bits per heavy atom. The SMILES string of the molecule is COc1ccc(C2CN(Cc3ccccc3)CCO2)cc1. The van der Waals surface area contributed by atoms with Gasteiger partial charge >= 0.3 is 0 Å². The zero-order chi connectivity index (χ0) is 14.5. The topological polar surface area (TPSA) is 21.7 Å². The Labute approximate surface area is 126 Å². The van der Waals surface area contributed by atoms with Gasteiger partial charge in [0.2, 0.25) is 0 Å². The van der Waals surface area contributed by atoms with Gasteiger partial charge < -0.3 is 9.47 Å². The van der Waals surface area contributed by atoms with Crippen LogP contribution >= 0.6 is 0 Å².